The van der Waals surface area contributed by atoms with Crippen LogP contribution in [0.2, 0.25) is 0 Å². The first-order valence-corrected chi connectivity index (χ1v) is 8.59. The van der Waals surface area contributed by atoms with Crippen LogP contribution in [-0.4, -0.2) is 31.7 Å². The van der Waals surface area contributed by atoms with Crippen molar-refractivity contribution in [3.63, 3.8) is 0 Å². The second-order valence-electron chi connectivity index (χ2n) is 6.04. The molecule has 0 aliphatic carbocycles. The molecule has 0 saturated heterocycles. The van der Waals surface area contributed by atoms with Crippen LogP contribution in [0.4, 0.5) is 37.7 Å². The van der Waals surface area contributed by atoms with E-state index >= 15 is 0 Å². The lowest BCUT2D eigenvalue weighted by Gasteiger charge is -2.14. The van der Waals surface area contributed by atoms with Gasteiger partial charge in [-0.05, 0) is 30.3 Å². The molecule has 2 rings (SSSR count). The smallest absolute Gasteiger partial charge is 0.416 e. The number of oxime groups is 1. The molecule has 0 bridgehead atoms. The Balaban J connectivity index is 1.96. The van der Waals surface area contributed by atoms with Crippen molar-refractivity contribution in [1.29, 1.82) is 0 Å². The maximum absolute atomic E-state index is 12.8. The number of para-hydroxylation sites is 2. The van der Waals surface area contributed by atoms with Crippen LogP contribution >= 0.6 is 0 Å². The van der Waals surface area contributed by atoms with Crippen LogP contribution < -0.4 is 15.4 Å². The van der Waals surface area contributed by atoms with Gasteiger partial charge in [-0.15, -0.1) is 0 Å². The number of halogens is 6. The number of nitrogens with zero attached hydrogens (tertiary/aromatic N) is 1. The van der Waals surface area contributed by atoms with Gasteiger partial charge >= 0.3 is 12.4 Å². The van der Waals surface area contributed by atoms with Gasteiger partial charge < -0.3 is 20.2 Å². The van der Waals surface area contributed by atoms with Gasteiger partial charge in [0.1, 0.15) is 12.0 Å². The van der Waals surface area contributed by atoms with Crippen molar-refractivity contribution in [2.45, 2.75) is 12.4 Å². The average Bonchev–Trinajstić information content (AvgIpc) is 2.70. The first kappa shape index (κ1) is 24.5. The molecule has 0 spiro atoms. The number of nitrogens with one attached hydrogen (secondary N) is 2. The predicted octanol–water partition coefficient (Wildman–Crippen LogP) is 4.31. The van der Waals surface area contributed by atoms with Gasteiger partial charge in [-0.2, -0.15) is 26.3 Å². The fourth-order valence-electron chi connectivity index (χ4n) is 2.32. The number of amides is 2. The zero-order chi connectivity index (χ0) is 23.9. The summed E-state index contributed by atoms with van der Waals surface area (Å²) in [6, 6.07) is 7.06. The molecule has 0 unspecified atom stereocenters. The minimum absolute atomic E-state index is 0.0726. The van der Waals surface area contributed by atoms with Gasteiger partial charge in [-0.25, -0.2) is 0 Å². The highest BCUT2D eigenvalue weighted by Crippen LogP contribution is 2.37. The summed E-state index contributed by atoms with van der Waals surface area (Å²) in [6.45, 7) is -0.879. The minimum Gasteiger partial charge on any atom is -0.495 e. The molecular formula is C19H15F6N3O4. The average molecular weight is 463 g/mol. The van der Waals surface area contributed by atoms with E-state index in [2.05, 4.69) is 15.3 Å². The lowest BCUT2D eigenvalue weighted by atomic mass is 10.1. The van der Waals surface area contributed by atoms with E-state index in [0.29, 0.717) is 29.8 Å². The maximum atomic E-state index is 12.8. The summed E-state index contributed by atoms with van der Waals surface area (Å²) in [4.78, 5) is 28.1. The molecule has 32 heavy (non-hydrogen) atoms. The summed E-state index contributed by atoms with van der Waals surface area (Å²) < 4.78 is 82.0. The van der Waals surface area contributed by atoms with Crippen molar-refractivity contribution in [3.05, 3.63) is 53.6 Å². The number of anilines is 2. The van der Waals surface area contributed by atoms with Gasteiger partial charge in [-0.3, -0.25) is 9.59 Å². The lowest BCUT2D eigenvalue weighted by molar-refractivity contribution is -0.143. The molecule has 2 aromatic rings. The van der Waals surface area contributed by atoms with Gasteiger partial charge in [0.2, 0.25) is 0 Å². The number of benzene rings is 2. The van der Waals surface area contributed by atoms with Crippen molar-refractivity contribution < 1.29 is 45.5 Å². The Kier molecular flexibility index (Phi) is 7.67. The van der Waals surface area contributed by atoms with Crippen molar-refractivity contribution >= 4 is 29.4 Å². The molecule has 2 aromatic carbocycles. The van der Waals surface area contributed by atoms with Crippen molar-refractivity contribution in [2.24, 2.45) is 5.16 Å². The largest absolute Gasteiger partial charge is 0.495 e. The molecule has 0 atom stereocenters. The molecule has 0 fully saturated rings. The fraction of sp³-hybridized carbons (Fsp3) is 0.211. The van der Waals surface area contributed by atoms with Gasteiger partial charge in [0.15, 0.2) is 6.61 Å². The number of carbonyl (C=O) groups is 2. The monoisotopic (exact) mass is 463 g/mol. The normalized spacial score (nSPS) is 11.8. The molecular weight excluding hydrogens is 448 g/mol. The lowest BCUT2D eigenvalue weighted by Crippen LogP contribution is -2.19. The van der Waals surface area contributed by atoms with Crippen LogP contribution in [0.5, 0.6) is 5.75 Å². The molecule has 0 aliphatic heterocycles. The van der Waals surface area contributed by atoms with Crippen LogP contribution in [0.3, 0.4) is 0 Å². The Hall–Kier alpha value is -3.77. The summed E-state index contributed by atoms with van der Waals surface area (Å²) >= 11 is 0. The Labute approximate surface area is 177 Å². The van der Waals surface area contributed by atoms with E-state index < -0.39 is 47.6 Å². The number of hydrogen-bond acceptors (Lipinski definition) is 5. The van der Waals surface area contributed by atoms with Crippen LogP contribution in [0, 0.1) is 0 Å². The van der Waals surface area contributed by atoms with E-state index in [9.17, 15) is 35.9 Å². The highest BCUT2D eigenvalue weighted by atomic mass is 19.4. The Morgan fingerprint density at radius 1 is 0.969 bits per heavy atom. The van der Waals surface area contributed by atoms with E-state index in [-0.39, 0.29) is 6.07 Å². The minimum atomic E-state index is -5.06. The third kappa shape index (κ3) is 7.18. The molecule has 0 heterocycles. The standard InChI is InChI=1S/C19H15F6N3O4/c1-31-15-5-3-2-4-14(15)28-16(29)9-26-32-10-17(30)27-13-7-11(18(20,21)22)6-12(8-13)19(23,24)25/h2-9H,10H2,1H3,(H,27,30)(H,28,29). The van der Waals surface area contributed by atoms with Crippen molar-refractivity contribution in [3.8, 4) is 5.75 Å². The molecule has 2 N–H and O–H groups in total. The van der Waals surface area contributed by atoms with Crippen LogP contribution in [-0.2, 0) is 26.8 Å². The number of alkyl halides is 6. The molecule has 0 radical (unpaired) electrons. The quantitative estimate of drug-likeness (QED) is 0.364. The number of rotatable bonds is 7. The Morgan fingerprint density at radius 3 is 2.12 bits per heavy atom. The predicted molar refractivity (Wildman–Crippen MR) is 101 cm³/mol. The van der Waals surface area contributed by atoms with Crippen molar-refractivity contribution in [2.75, 3.05) is 24.4 Å². The Bertz CT molecular complexity index is 973. The highest BCUT2D eigenvalue weighted by Gasteiger charge is 2.37. The molecule has 2 amide bonds. The number of carbonyl (C=O) groups excluding carboxylic acids is 2. The maximum Gasteiger partial charge on any atom is 0.416 e. The van der Waals surface area contributed by atoms with E-state index in [1.54, 1.807) is 24.3 Å². The van der Waals surface area contributed by atoms with Gasteiger partial charge in [-0.1, -0.05) is 17.3 Å². The zero-order valence-corrected chi connectivity index (χ0v) is 16.2. The first-order chi connectivity index (χ1) is 14.9. The number of ether oxygens (including phenoxy) is 1. The topological polar surface area (TPSA) is 89.0 Å². The second-order valence-corrected chi connectivity index (χ2v) is 6.04. The zero-order valence-electron chi connectivity index (χ0n) is 16.2. The Morgan fingerprint density at radius 2 is 1.56 bits per heavy atom. The summed E-state index contributed by atoms with van der Waals surface area (Å²) in [7, 11) is 1.39. The molecule has 0 saturated carbocycles. The molecule has 0 aliphatic rings. The summed E-state index contributed by atoms with van der Waals surface area (Å²) in [6.07, 6.45) is -9.45. The third-order valence-electron chi connectivity index (χ3n) is 3.68. The summed E-state index contributed by atoms with van der Waals surface area (Å²) in [5.74, 6) is -1.48. The second kappa shape index (κ2) is 10.0. The third-order valence-corrected chi connectivity index (χ3v) is 3.68. The summed E-state index contributed by atoms with van der Waals surface area (Å²) in [5, 5.41) is 7.50. The van der Waals surface area contributed by atoms with E-state index in [0.717, 1.165) is 0 Å². The number of hydrogen-bond donors (Lipinski definition) is 2. The van der Waals surface area contributed by atoms with E-state index in [1.807, 2.05) is 5.32 Å². The van der Waals surface area contributed by atoms with Gasteiger partial charge in [0, 0.05) is 5.69 Å². The van der Waals surface area contributed by atoms with Gasteiger partial charge in [0.05, 0.1) is 23.9 Å². The molecule has 172 valence electrons. The molecule has 0 aromatic heterocycles. The van der Waals surface area contributed by atoms with E-state index in [1.165, 1.54) is 7.11 Å². The highest BCUT2D eigenvalue weighted by molar-refractivity contribution is 6.31. The van der Waals surface area contributed by atoms with Crippen LogP contribution in [0.15, 0.2) is 47.6 Å². The summed E-state index contributed by atoms with van der Waals surface area (Å²) in [5.41, 5.74) is -3.59. The number of methoxy groups -OCH3 is 1. The first-order valence-electron chi connectivity index (χ1n) is 8.59. The SMILES string of the molecule is COc1ccccc1NC(=O)C=NOCC(=O)Nc1cc(C(F)(F)F)cc(C(F)(F)F)c1. The molecule has 7 nitrogen and oxygen atoms in total. The van der Waals surface area contributed by atoms with Gasteiger partial charge in [0.25, 0.3) is 11.8 Å². The van der Waals surface area contributed by atoms with E-state index in [4.69, 9.17) is 4.74 Å². The van der Waals surface area contributed by atoms with Crippen LogP contribution in [0.25, 0.3) is 0 Å². The van der Waals surface area contributed by atoms with Crippen LogP contribution in [0.1, 0.15) is 11.1 Å². The fourth-order valence-corrected chi connectivity index (χ4v) is 2.32. The van der Waals surface area contributed by atoms with Crippen molar-refractivity contribution in [1.82, 2.24) is 0 Å². The molecule has 13 heteroatoms.